The summed E-state index contributed by atoms with van der Waals surface area (Å²) < 4.78 is 4.99. The molecule has 0 saturated carbocycles. The number of aliphatic hydroxyl groups excluding tert-OH is 1. The molecule has 0 aliphatic carbocycles. The van der Waals surface area contributed by atoms with Crippen LogP contribution in [0.2, 0.25) is 0 Å². The van der Waals surface area contributed by atoms with Crippen LogP contribution >= 0.6 is 0 Å². The topological polar surface area (TPSA) is 130 Å². The van der Waals surface area contributed by atoms with Gasteiger partial charge < -0.3 is 21.3 Å². The van der Waals surface area contributed by atoms with Gasteiger partial charge in [0.25, 0.3) is 0 Å². The summed E-state index contributed by atoms with van der Waals surface area (Å²) >= 11 is 0. The van der Waals surface area contributed by atoms with E-state index in [1.54, 1.807) is 6.08 Å². The Bertz CT molecular complexity index is 241. The van der Waals surface area contributed by atoms with Gasteiger partial charge in [0.15, 0.2) is 11.9 Å². The standard InChI is InChI=1S/C8H17N5O2/c1-2-3-15-5-6(14)4-12-8(11)13-7(9)10/h2,6,14H,1,3-5H2,(H6,9,10,11,12,13). The summed E-state index contributed by atoms with van der Waals surface area (Å²) in [6.07, 6.45) is 0.846. The largest absolute Gasteiger partial charge is 0.389 e. The van der Waals surface area contributed by atoms with Crippen molar-refractivity contribution in [2.75, 3.05) is 19.8 Å². The smallest absolute Gasteiger partial charge is 0.195 e. The van der Waals surface area contributed by atoms with E-state index in [2.05, 4.69) is 16.9 Å². The van der Waals surface area contributed by atoms with Crippen LogP contribution in [0.1, 0.15) is 0 Å². The maximum Gasteiger partial charge on any atom is 0.195 e. The van der Waals surface area contributed by atoms with Crippen molar-refractivity contribution in [1.29, 1.82) is 5.41 Å². The van der Waals surface area contributed by atoms with Crippen LogP contribution in [-0.2, 0) is 4.74 Å². The molecule has 7 heteroatoms. The SMILES string of the molecule is C=CCOCC(O)CN=C(N)NC(=N)N. The summed E-state index contributed by atoms with van der Waals surface area (Å²) in [5.74, 6) is -0.307. The average Bonchev–Trinajstić information content (AvgIpc) is 2.14. The molecule has 0 aliphatic heterocycles. The van der Waals surface area contributed by atoms with Gasteiger partial charge in [-0.3, -0.25) is 15.7 Å². The van der Waals surface area contributed by atoms with Crippen LogP contribution in [0.5, 0.6) is 0 Å². The number of rotatable bonds is 6. The Kier molecular flexibility index (Phi) is 6.94. The van der Waals surface area contributed by atoms with E-state index in [4.69, 9.17) is 21.6 Å². The lowest BCUT2D eigenvalue weighted by atomic mass is 10.4. The van der Waals surface area contributed by atoms with Crippen LogP contribution in [0.15, 0.2) is 17.6 Å². The molecule has 0 fully saturated rings. The van der Waals surface area contributed by atoms with Gasteiger partial charge in [-0.1, -0.05) is 6.08 Å². The predicted molar refractivity (Wildman–Crippen MR) is 58.6 cm³/mol. The van der Waals surface area contributed by atoms with Gasteiger partial charge in [-0.2, -0.15) is 0 Å². The molecule has 15 heavy (non-hydrogen) atoms. The van der Waals surface area contributed by atoms with Gasteiger partial charge in [-0.05, 0) is 0 Å². The Labute approximate surface area is 88.3 Å². The molecule has 1 unspecified atom stereocenters. The molecule has 0 aromatic rings. The summed E-state index contributed by atoms with van der Waals surface area (Å²) in [4.78, 5) is 3.75. The van der Waals surface area contributed by atoms with Gasteiger partial charge in [0.05, 0.1) is 25.9 Å². The van der Waals surface area contributed by atoms with Crippen molar-refractivity contribution in [2.45, 2.75) is 6.10 Å². The van der Waals surface area contributed by atoms with Crippen molar-refractivity contribution in [2.24, 2.45) is 16.5 Å². The summed E-state index contributed by atoms with van der Waals surface area (Å²) in [7, 11) is 0. The fourth-order valence-electron chi connectivity index (χ4n) is 0.721. The third-order valence-corrected chi connectivity index (χ3v) is 1.28. The number of nitrogens with two attached hydrogens (primary N) is 2. The van der Waals surface area contributed by atoms with Crippen LogP contribution in [-0.4, -0.2) is 42.9 Å². The quantitative estimate of drug-likeness (QED) is 0.157. The second-order valence-electron chi connectivity index (χ2n) is 2.74. The van der Waals surface area contributed by atoms with Crippen LogP contribution < -0.4 is 16.8 Å². The molecule has 7 nitrogen and oxygen atoms in total. The van der Waals surface area contributed by atoms with E-state index in [1.807, 2.05) is 0 Å². The zero-order valence-corrected chi connectivity index (χ0v) is 8.44. The Balaban J connectivity index is 3.71. The molecular formula is C8H17N5O2. The van der Waals surface area contributed by atoms with E-state index >= 15 is 0 Å². The molecule has 0 bridgehead atoms. The van der Waals surface area contributed by atoms with Crippen molar-refractivity contribution in [3.05, 3.63) is 12.7 Å². The van der Waals surface area contributed by atoms with Gasteiger partial charge in [-0.15, -0.1) is 6.58 Å². The monoisotopic (exact) mass is 215 g/mol. The first kappa shape index (κ1) is 13.4. The van der Waals surface area contributed by atoms with Gasteiger partial charge >= 0.3 is 0 Å². The number of hydrogen-bond acceptors (Lipinski definition) is 4. The molecule has 0 aromatic carbocycles. The molecule has 86 valence electrons. The molecule has 0 aromatic heterocycles. The maximum atomic E-state index is 9.32. The van der Waals surface area contributed by atoms with Crippen LogP contribution in [0, 0.1) is 5.41 Å². The Morgan fingerprint density at radius 2 is 2.33 bits per heavy atom. The molecule has 0 saturated heterocycles. The lowest BCUT2D eigenvalue weighted by Gasteiger charge is -2.08. The first-order valence-electron chi connectivity index (χ1n) is 4.34. The molecule has 0 amide bonds. The number of guanidine groups is 2. The van der Waals surface area contributed by atoms with Crippen LogP contribution in [0.25, 0.3) is 0 Å². The second kappa shape index (κ2) is 7.77. The summed E-state index contributed by atoms with van der Waals surface area (Å²) in [6, 6.07) is 0. The number of nitrogens with zero attached hydrogens (tertiary/aromatic N) is 1. The fourth-order valence-corrected chi connectivity index (χ4v) is 0.721. The third kappa shape index (κ3) is 8.72. The molecule has 0 aliphatic rings. The van der Waals surface area contributed by atoms with E-state index in [9.17, 15) is 5.11 Å². The molecule has 1 atom stereocenters. The minimum absolute atomic E-state index is 0.00901. The van der Waals surface area contributed by atoms with Crippen LogP contribution in [0.3, 0.4) is 0 Å². The van der Waals surface area contributed by atoms with Gasteiger partial charge in [0, 0.05) is 0 Å². The average molecular weight is 215 g/mol. The van der Waals surface area contributed by atoms with Crippen molar-refractivity contribution >= 4 is 11.9 Å². The first-order chi connectivity index (χ1) is 7.06. The van der Waals surface area contributed by atoms with Gasteiger partial charge in [-0.25, -0.2) is 0 Å². The van der Waals surface area contributed by atoms with E-state index in [0.717, 1.165) is 0 Å². The Hall–Kier alpha value is -1.60. The predicted octanol–water partition coefficient (Wildman–Crippen LogP) is -1.65. The lowest BCUT2D eigenvalue weighted by molar-refractivity contribution is 0.0546. The Morgan fingerprint density at radius 1 is 1.67 bits per heavy atom. The summed E-state index contributed by atoms with van der Waals surface area (Å²) in [5, 5.41) is 18.5. The van der Waals surface area contributed by atoms with Crippen molar-refractivity contribution < 1.29 is 9.84 Å². The number of aliphatic imine (C=N–C) groups is 1. The number of aliphatic hydroxyl groups is 1. The number of hydrogen-bond donors (Lipinski definition) is 5. The highest BCUT2D eigenvalue weighted by Crippen LogP contribution is 1.87. The normalized spacial score (nSPS) is 13.3. The maximum absolute atomic E-state index is 9.32. The van der Waals surface area contributed by atoms with Crippen molar-refractivity contribution in [3.63, 3.8) is 0 Å². The van der Waals surface area contributed by atoms with Crippen molar-refractivity contribution in [1.82, 2.24) is 5.32 Å². The number of ether oxygens (including phenoxy) is 1. The zero-order chi connectivity index (χ0) is 11.7. The van der Waals surface area contributed by atoms with Crippen LogP contribution in [0.4, 0.5) is 0 Å². The zero-order valence-electron chi connectivity index (χ0n) is 8.44. The van der Waals surface area contributed by atoms with Gasteiger partial charge in [0.2, 0.25) is 0 Å². The number of nitrogens with one attached hydrogen (secondary N) is 2. The molecule has 7 N–H and O–H groups in total. The summed E-state index contributed by atoms with van der Waals surface area (Å²) in [6.45, 7) is 4.08. The fraction of sp³-hybridized carbons (Fsp3) is 0.500. The molecule has 0 heterocycles. The van der Waals surface area contributed by atoms with E-state index in [-0.39, 0.29) is 25.1 Å². The minimum Gasteiger partial charge on any atom is -0.389 e. The van der Waals surface area contributed by atoms with E-state index in [1.165, 1.54) is 0 Å². The highest BCUT2D eigenvalue weighted by molar-refractivity contribution is 5.95. The summed E-state index contributed by atoms with van der Waals surface area (Å²) in [5.41, 5.74) is 10.3. The molecule has 0 spiro atoms. The lowest BCUT2D eigenvalue weighted by Crippen LogP contribution is -2.41. The highest BCUT2D eigenvalue weighted by atomic mass is 16.5. The Morgan fingerprint density at radius 3 is 2.87 bits per heavy atom. The van der Waals surface area contributed by atoms with Crippen molar-refractivity contribution in [3.8, 4) is 0 Å². The third-order valence-electron chi connectivity index (χ3n) is 1.28. The molecule has 0 radical (unpaired) electrons. The first-order valence-corrected chi connectivity index (χ1v) is 4.34. The van der Waals surface area contributed by atoms with Gasteiger partial charge in [0.1, 0.15) is 0 Å². The molecular weight excluding hydrogens is 198 g/mol. The minimum atomic E-state index is -0.739. The molecule has 0 rings (SSSR count). The van der Waals surface area contributed by atoms with E-state index in [0.29, 0.717) is 6.61 Å². The highest BCUT2D eigenvalue weighted by Gasteiger charge is 2.02. The second-order valence-corrected chi connectivity index (χ2v) is 2.74. The van der Waals surface area contributed by atoms with E-state index < -0.39 is 6.10 Å².